The summed E-state index contributed by atoms with van der Waals surface area (Å²) in [7, 11) is 0. The van der Waals surface area contributed by atoms with Crippen molar-refractivity contribution in [3.8, 4) is 0 Å². The Bertz CT molecular complexity index is 206. The molecule has 1 aliphatic carbocycles. The zero-order valence-electron chi connectivity index (χ0n) is 9.26. The average molecular weight is 194 g/mol. The highest BCUT2D eigenvalue weighted by atomic mass is 15.1. The van der Waals surface area contributed by atoms with E-state index in [4.69, 9.17) is 0 Å². The molecular weight excluding hydrogens is 172 g/mol. The van der Waals surface area contributed by atoms with Gasteiger partial charge in [0.1, 0.15) is 0 Å². The van der Waals surface area contributed by atoms with Crippen LogP contribution < -0.4 is 5.32 Å². The molecule has 0 aromatic rings. The lowest BCUT2D eigenvalue weighted by Crippen LogP contribution is -2.32. The van der Waals surface area contributed by atoms with Crippen molar-refractivity contribution in [1.29, 1.82) is 0 Å². The third-order valence-corrected chi connectivity index (χ3v) is 3.07. The van der Waals surface area contributed by atoms with Crippen molar-refractivity contribution in [3.05, 3.63) is 11.6 Å². The molecule has 1 aliphatic heterocycles. The second-order valence-electron chi connectivity index (χ2n) is 4.70. The molecule has 2 rings (SSSR count). The molecule has 2 nitrogen and oxygen atoms in total. The van der Waals surface area contributed by atoms with Crippen molar-refractivity contribution in [2.24, 2.45) is 0 Å². The van der Waals surface area contributed by atoms with Gasteiger partial charge in [0, 0.05) is 19.1 Å². The lowest BCUT2D eigenvalue weighted by Gasteiger charge is -2.25. The van der Waals surface area contributed by atoms with Gasteiger partial charge in [-0.2, -0.15) is 0 Å². The Morgan fingerprint density at radius 3 is 3.07 bits per heavy atom. The Morgan fingerprint density at radius 1 is 1.50 bits per heavy atom. The minimum absolute atomic E-state index is 0.873. The molecule has 1 heterocycles. The maximum atomic E-state index is 3.57. The van der Waals surface area contributed by atoms with Crippen LogP contribution in [-0.2, 0) is 0 Å². The molecule has 0 bridgehead atoms. The SMILES string of the molecule is CC1=CCCN(CCCNC2CC2)C1. The topological polar surface area (TPSA) is 15.3 Å². The highest BCUT2D eigenvalue weighted by Gasteiger charge is 2.19. The van der Waals surface area contributed by atoms with Gasteiger partial charge >= 0.3 is 0 Å². The van der Waals surface area contributed by atoms with Crippen molar-refractivity contribution in [3.63, 3.8) is 0 Å². The van der Waals surface area contributed by atoms with Gasteiger partial charge in [-0.3, -0.25) is 4.90 Å². The zero-order valence-corrected chi connectivity index (χ0v) is 9.26. The smallest absolute Gasteiger partial charge is 0.0190 e. The number of hydrogen-bond donors (Lipinski definition) is 1. The fraction of sp³-hybridized carbons (Fsp3) is 0.833. The molecule has 0 radical (unpaired) electrons. The van der Waals surface area contributed by atoms with Crippen LogP contribution in [0.5, 0.6) is 0 Å². The normalized spacial score (nSPS) is 23.6. The Hall–Kier alpha value is -0.340. The molecular formula is C12H22N2. The van der Waals surface area contributed by atoms with E-state index in [-0.39, 0.29) is 0 Å². The predicted molar refractivity (Wildman–Crippen MR) is 60.5 cm³/mol. The van der Waals surface area contributed by atoms with Crippen LogP contribution >= 0.6 is 0 Å². The molecule has 0 unspecified atom stereocenters. The van der Waals surface area contributed by atoms with Crippen LogP contribution in [0.15, 0.2) is 11.6 Å². The molecule has 0 saturated heterocycles. The summed E-state index contributed by atoms with van der Waals surface area (Å²) in [5.74, 6) is 0. The van der Waals surface area contributed by atoms with Crippen LogP contribution in [-0.4, -0.2) is 37.1 Å². The van der Waals surface area contributed by atoms with Gasteiger partial charge < -0.3 is 5.32 Å². The van der Waals surface area contributed by atoms with Gasteiger partial charge in [0.15, 0.2) is 0 Å². The molecule has 0 aromatic carbocycles. The molecule has 1 N–H and O–H groups in total. The summed E-state index contributed by atoms with van der Waals surface area (Å²) in [6.45, 7) is 7.19. The molecule has 2 aliphatic rings. The predicted octanol–water partition coefficient (Wildman–Crippen LogP) is 1.78. The Balaban J connectivity index is 1.53. The fourth-order valence-electron chi connectivity index (χ4n) is 2.08. The first-order valence-electron chi connectivity index (χ1n) is 5.96. The van der Waals surface area contributed by atoms with Crippen molar-refractivity contribution in [1.82, 2.24) is 10.2 Å². The van der Waals surface area contributed by atoms with Crippen LogP contribution in [0.1, 0.15) is 32.6 Å². The minimum atomic E-state index is 0.873. The van der Waals surface area contributed by atoms with Crippen molar-refractivity contribution in [2.45, 2.75) is 38.6 Å². The maximum Gasteiger partial charge on any atom is 0.0190 e. The summed E-state index contributed by atoms with van der Waals surface area (Å²) in [6, 6.07) is 0.873. The maximum absolute atomic E-state index is 3.57. The molecule has 0 amide bonds. The average Bonchev–Trinajstić information content (AvgIpc) is 2.96. The monoisotopic (exact) mass is 194 g/mol. The van der Waals surface area contributed by atoms with Gasteiger partial charge in [0.25, 0.3) is 0 Å². The third-order valence-electron chi connectivity index (χ3n) is 3.07. The highest BCUT2D eigenvalue weighted by Crippen LogP contribution is 2.18. The Labute approximate surface area is 87.4 Å². The summed E-state index contributed by atoms with van der Waals surface area (Å²) >= 11 is 0. The van der Waals surface area contributed by atoms with Crippen LogP contribution in [0.3, 0.4) is 0 Å². The highest BCUT2D eigenvalue weighted by molar-refractivity contribution is 5.04. The van der Waals surface area contributed by atoms with E-state index in [0.29, 0.717) is 0 Å². The largest absolute Gasteiger partial charge is 0.314 e. The van der Waals surface area contributed by atoms with E-state index in [1.54, 1.807) is 5.57 Å². The second kappa shape index (κ2) is 4.94. The first kappa shape index (κ1) is 10.2. The molecule has 0 aromatic heterocycles. The van der Waals surface area contributed by atoms with E-state index in [0.717, 1.165) is 6.04 Å². The molecule has 1 saturated carbocycles. The van der Waals surface area contributed by atoms with Gasteiger partial charge in [-0.15, -0.1) is 0 Å². The van der Waals surface area contributed by atoms with Gasteiger partial charge in [0.05, 0.1) is 0 Å². The van der Waals surface area contributed by atoms with Crippen LogP contribution in [0.4, 0.5) is 0 Å². The summed E-state index contributed by atoms with van der Waals surface area (Å²) in [4.78, 5) is 2.57. The lowest BCUT2D eigenvalue weighted by molar-refractivity contribution is 0.285. The molecule has 14 heavy (non-hydrogen) atoms. The van der Waals surface area contributed by atoms with Gasteiger partial charge in [-0.25, -0.2) is 0 Å². The van der Waals surface area contributed by atoms with Gasteiger partial charge in [0.2, 0.25) is 0 Å². The van der Waals surface area contributed by atoms with E-state index >= 15 is 0 Å². The minimum Gasteiger partial charge on any atom is -0.314 e. The van der Waals surface area contributed by atoms with Crippen molar-refractivity contribution in [2.75, 3.05) is 26.2 Å². The summed E-state index contributed by atoms with van der Waals surface area (Å²) in [5.41, 5.74) is 1.55. The standard InChI is InChI=1S/C12H22N2/c1-11-4-2-8-14(10-11)9-3-7-13-12-5-6-12/h4,12-13H,2-3,5-10H2,1H3. The second-order valence-corrected chi connectivity index (χ2v) is 4.70. The van der Waals surface area contributed by atoms with E-state index in [1.165, 1.54) is 51.9 Å². The number of rotatable bonds is 5. The molecule has 0 atom stereocenters. The molecule has 0 spiro atoms. The van der Waals surface area contributed by atoms with Crippen molar-refractivity contribution >= 4 is 0 Å². The molecule has 2 heteroatoms. The summed E-state index contributed by atoms with van der Waals surface area (Å²) in [5, 5.41) is 3.57. The zero-order chi connectivity index (χ0) is 9.80. The summed E-state index contributed by atoms with van der Waals surface area (Å²) < 4.78 is 0. The number of nitrogens with one attached hydrogen (secondary N) is 1. The quantitative estimate of drug-likeness (QED) is 0.530. The van der Waals surface area contributed by atoms with Crippen LogP contribution in [0.2, 0.25) is 0 Å². The van der Waals surface area contributed by atoms with Crippen molar-refractivity contribution < 1.29 is 0 Å². The van der Waals surface area contributed by atoms with Crippen LogP contribution in [0.25, 0.3) is 0 Å². The Kier molecular flexibility index (Phi) is 3.60. The third kappa shape index (κ3) is 3.43. The van der Waals surface area contributed by atoms with Crippen LogP contribution in [0, 0.1) is 0 Å². The van der Waals surface area contributed by atoms with Gasteiger partial charge in [-0.05, 0) is 45.7 Å². The molecule has 1 fully saturated rings. The first-order chi connectivity index (χ1) is 6.84. The van der Waals surface area contributed by atoms with Gasteiger partial charge in [-0.1, -0.05) is 11.6 Å². The molecule has 80 valence electrons. The number of nitrogens with zero attached hydrogens (tertiary/aromatic N) is 1. The Morgan fingerprint density at radius 2 is 2.36 bits per heavy atom. The van der Waals surface area contributed by atoms with E-state index in [2.05, 4.69) is 23.2 Å². The first-order valence-corrected chi connectivity index (χ1v) is 5.96. The van der Waals surface area contributed by atoms with E-state index in [1.807, 2.05) is 0 Å². The van der Waals surface area contributed by atoms with E-state index < -0.39 is 0 Å². The fourth-order valence-corrected chi connectivity index (χ4v) is 2.08. The lowest BCUT2D eigenvalue weighted by atomic mass is 10.1. The summed E-state index contributed by atoms with van der Waals surface area (Å²) in [6.07, 6.45) is 7.75. The van der Waals surface area contributed by atoms with E-state index in [9.17, 15) is 0 Å². The number of hydrogen-bond acceptors (Lipinski definition) is 2.